The second kappa shape index (κ2) is 7.86. The SMILES string of the molecule is CC(C)(C)OC(=O)N1CCC(c2cccc3c2O[C@@](C)(c2ccc(Cl)cn2)O3)C(F)C1. The Morgan fingerprint density at radius 1 is 1.29 bits per heavy atom. The van der Waals surface area contributed by atoms with Gasteiger partial charge in [-0.05, 0) is 45.4 Å². The molecule has 0 saturated carbocycles. The van der Waals surface area contributed by atoms with Gasteiger partial charge in [0.25, 0.3) is 5.79 Å². The summed E-state index contributed by atoms with van der Waals surface area (Å²) in [6.07, 6.45) is 0.239. The summed E-state index contributed by atoms with van der Waals surface area (Å²) in [5, 5.41) is 0.514. The predicted octanol–water partition coefficient (Wildman–Crippen LogP) is 5.44. The van der Waals surface area contributed by atoms with Crippen molar-refractivity contribution in [2.24, 2.45) is 0 Å². The van der Waals surface area contributed by atoms with Crippen molar-refractivity contribution in [1.82, 2.24) is 9.88 Å². The maximum atomic E-state index is 15.2. The van der Waals surface area contributed by atoms with E-state index in [-0.39, 0.29) is 6.54 Å². The van der Waals surface area contributed by atoms with Gasteiger partial charge in [0.1, 0.15) is 17.5 Å². The third kappa shape index (κ3) is 4.42. The highest BCUT2D eigenvalue weighted by atomic mass is 35.5. The van der Waals surface area contributed by atoms with Crippen LogP contribution in [0.4, 0.5) is 9.18 Å². The molecule has 0 spiro atoms. The third-order valence-corrected chi connectivity index (χ3v) is 5.62. The first-order valence-corrected chi connectivity index (χ1v) is 10.7. The van der Waals surface area contributed by atoms with Crippen molar-refractivity contribution >= 4 is 17.7 Å². The minimum absolute atomic E-state index is 0.0277. The van der Waals surface area contributed by atoms with Gasteiger partial charge < -0.3 is 19.1 Å². The Labute approximate surface area is 186 Å². The number of likely N-dealkylation sites (tertiary alicyclic amines) is 1. The number of carbonyl (C=O) groups is 1. The average Bonchev–Trinajstić information content (AvgIpc) is 3.04. The highest BCUT2D eigenvalue weighted by Gasteiger charge is 2.44. The van der Waals surface area contributed by atoms with Crippen LogP contribution in [0, 0.1) is 0 Å². The van der Waals surface area contributed by atoms with Gasteiger partial charge in [-0.3, -0.25) is 4.98 Å². The van der Waals surface area contributed by atoms with Crippen LogP contribution in [0.3, 0.4) is 0 Å². The minimum Gasteiger partial charge on any atom is -0.444 e. The molecule has 166 valence electrons. The molecule has 1 aromatic carbocycles. The number of rotatable bonds is 2. The molecule has 2 unspecified atom stereocenters. The molecule has 31 heavy (non-hydrogen) atoms. The Kier molecular flexibility index (Phi) is 5.50. The Balaban J connectivity index is 1.53. The molecule has 1 fully saturated rings. The molecule has 1 amide bonds. The number of piperidine rings is 1. The lowest BCUT2D eigenvalue weighted by Crippen LogP contribution is -2.46. The Morgan fingerprint density at radius 2 is 2.06 bits per heavy atom. The maximum Gasteiger partial charge on any atom is 0.410 e. The lowest BCUT2D eigenvalue weighted by atomic mass is 9.87. The molecular weight excluding hydrogens is 423 g/mol. The van der Waals surface area contributed by atoms with E-state index in [1.165, 1.54) is 11.1 Å². The zero-order valence-corrected chi connectivity index (χ0v) is 18.8. The summed E-state index contributed by atoms with van der Waals surface area (Å²) in [4.78, 5) is 18.1. The monoisotopic (exact) mass is 448 g/mol. The minimum atomic E-state index is -1.25. The van der Waals surface area contributed by atoms with Crippen LogP contribution >= 0.6 is 11.6 Å². The molecule has 0 bridgehead atoms. The number of amides is 1. The number of nitrogens with zero attached hydrogens (tertiary/aromatic N) is 2. The number of carbonyl (C=O) groups excluding carboxylic acids is 1. The molecule has 8 heteroatoms. The zero-order valence-electron chi connectivity index (χ0n) is 18.0. The van der Waals surface area contributed by atoms with Crippen molar-refractivity contribution in [3.63, 3.8) is 0 Å². The van der Waals surface area contributed by atoms with Crippen molar-refractivity contribution in [2.75, 3.05) is 13.1 Å². The molecule has 2 aromatic rings. The van der Waals surface area contributed by atoms with Crippen LogP contribution in [-0.2, 0) is 10.5 Å². The molecule has 1 aromatic heterocycles. The van der Waals surface area contributed by atoms with Gasteiger partial charge in [0.15, 0.2) is 11.5 Å². The van der Waals surface area contributed by atoms with Crippen LogP contribution < -0.4 is 9.47 Å². The summed E-state index contributed by atoms with van der Waals surface area (Å²) < 4.78 is 32.9. The third-order valence-electron chi connectivity index (χ3n) is 5.40. The Hall–Kier alpha value is -2.54. The van der Waals surface area contributed by atoms with Crippen molar-refractivity contribution in [3.05, 3.63) is 52.8 Å². The second-order valence-corrected chi connectivity index (χ2v) is 9.46. The first kappa shape index (κ1) is 21.7. The predicted molar refractivity (Wildman–Crippen MR) is 114 cm³/mol. The van der Waals surface area contributed by atoms with Gasteiger partial charge >= 0.3 is 6.09 Å². The molecular formula is C23H26ClFN2O4. The Morgan fingerprint density at radius 3 is 2.71 bits per heavy atom. The molecule has 0 aliphatic carbocycles. The summed E-state index contributed by atoms with van der Waals surface area (Å²) in [5.41, 5.74) is 0.674. The fourth-order valence-corrected chi connectivity index (χ4v) is 4.05. The summed E-state index contributed by atoms with van der Waals surface area (Å²) >= 11 is 5.94. The number of halogens is 2. The van der Waals surface area contributed by atoms with E-state index in [0.29, 0.717) is 35.2 Å². The van der Waals surface area contributed by atoms with Gasteiger partial charge in [-0.1, -0.05) is 23.7 Å². The highest BCUT2D eigenvalue weighted by molar-refractivity contribution is 6.30. The van der Waals surface area contributed by atoms with Crippen LogP contribution in [0.2, 0.25) is 5.02 Å². The van der Waals surface area contributed by atoms with Crippen LogP contribution in [0.25, 0.3) is 0 Å². The smallest absolute Gasteiger partial charge is 0.410 e. The van der Waals surface area contributed by atoms with Gasteiger partial charge in [-0.2, -0.15) is 0 Å². The van der Waals surface area contributed by atoms with E-state index in [2.05, 4.69) is 4.98 Å². The molecule has 1 saturated heterocycles. The molecule has 6 nitrogen and oxygen atoms in total. The lowest BCUT2D eigenvalue weighted by molar-refractivity contribution is -0.0723. The number of fused-ring (bicyclic) bond motifs is 1. The number of pyridine rings is 1. The van der Waals surface area contributed by atoms with Gasteiger partial charge in [0, 0.05) is 31.1 Å². The van der Waals surface area contributed by atoms with Crippen LogP contribution in [0.1, 0.15) is 51.3 Å². The Bertz CT molecular complexity index is 979. The quantitative estimate of drug-likeness (QED) is 0.612. The van der Waals surface area contributed by atoms with E-state index in [1.54, 1.807) is 45.9 Å². The van der Waals surface area contributed by atoms with Gasteiger partial charge in [-0.25, -0.2) is 9.18 Å². The van der Waals surface area contributed by atoms with E-state index in [9.17, 15) is 4.79 Å². The fraction of sp³-hybridized carbons (Fsp3) is 0.478. The molecule has 0 N–H and O–H groups in total. The molecule has 4 rings (SSSR count). The van der Waals surface area contributed by atoms with Crippen molar-refractivity contribution in [1.29, 1.82) is 0 Å². The number of para-hydroxylation sites is 1. The maximum absolute atomic E-state index is 15.2. The summed E-state index contributed by atoms with van der Waals surface area (Å²) in [7, 11) is 0. The van der Waals surface area contributed by atoms with E-state index in [4.69, 9.17) is 25.8 Å². The zero-order chi connectivity index (χ0) is 22.4. The van der Waals surface area contributed by atoms with E-state index < -0.39 is 29.6 Å². The standard InChI is InChI=1S/C23H26ClFN2O4/c1-22(2,3)31-21(28)27-11-10-15(17(25)13-27)16-6-5-7-18-20(16)30-23(4,29-18)19-9-8-14(24)12-26-19/h5-9,12,15,17H,10-11,13H2,1-4H3/t15?,17?,23-/m0/s1. The molecule has 2 aliphatic rings. The fourth-order valence-electron chi connectivity index (χ4n) is 3.94. The number of hydrogen-bond acceptors (Lipinski definition) is 5. The van der Waals surface area contributed by atoms with Gasteiger partial charge in [0.2, 0.25) is 0 Å². The van der Waals surface area contributed by atoms with Crippen LogP contribution in [-0.4, -0.2) is 40.8 Å². The van der Waals surface area contributed by atoms with Crippen molar-refractivity contribution < 1.29 is 23.4 Å². The van der Waals surface area contributed by atoms with E-state index >= 15 is 4.39 Å². The van der Waals surface area contributed by atoms with Crippen LogP contribution in [0.5, 0.6) is 11.5 Å². The number of hydrogen-bond donors (Lipinski definition) is 0. The molecule has 2 aliphatic heterocycles. The molecule has 3 heterocycles. The molecule has 0 radical (unpaired) electrons. The topological polar surface area (TPSA) is 60.9 Å². The average molecular weight is 449 g/mol. The first-order valence-electron chi connectivity index (χ1n) is 10.3. The second-order valence-electron chi connectivity index (χ2n) is 9.02. The van der Waals surface area contributed by atoms with Gasteiger partial charge in [-0.15, -0.1) is 0 Å². The van der Waals surface area contributed by atoms with Gasteiger partial charge in [0.05, 0.1) is 11.6 Å². The highest BCUT2D eigenvalue weighted by Crippen LogP contribution is 2.49. The van der Waals surface area contributed by atoms with Crippen molar-refractivity contribution in [2.45, 2.75) is 57.6 Å². The summed E-state index contributed by atoms with van der Waals surface area (Å²) in [5.74, 6) is -0.497. The number of benzene rings is 1. The normalized spacial score (nSPS) is 25.4. The number of aromatic nitrogens is 1. The largest absolute Gasteiger partial charge is 0.444 e. The van der Waals surface area contributed by atoms with Crippen LogP contribution in [0.15, 0.2) is 36.5 Å². The number of alkyl halides is 1. The number of ether oxygens (including phenoxy) is 3. The van der Waals surface area contributed by atoms with E-state index in [1.807, 2.05) is 12.1 Å². The van der Waals surface area contributed by atoms with E-state index in [0.717, 1.165) is 5.56 Å². The lowest BCUT2D eigenvalue weighted by Gasteiger charge is -2.36. The summed E-state index contributed by atoms with van der Waals surface area (Å²) in [6.45, 7) is 7.52. The van der Waals surface area contributed by atoms with Crippen molar-refractivity contribution in [3.8, 4) is 11.5 Å². The summed E-state index contributed by atoms with van der Waals surface area (Å²) in [6, 6.07) is 8.93. The first-order chi connectivity index (χ1) is 14.6. The molecule has 3 atom stereocenters.